The molecule has 0 aliphatic rings. The van der Waals surface area contributed by atoms with Crippen LogP contribution in [0.2, 0.25) is 0 Å². The molecule has 3 nitrogen and oxygen atoms in total. The van der Waals surface area contributed by atoms with Gasteiger partial charge in [0.2, 0.25) is 0 Å². The van der Waals surface area contributed by atoms with Crippen LogP contribution in [0.3, 0.4) is 0 Å². The van der Waals surface area contributed by atoms with Crippen molar-refractivity contribution in [1.29, 1.82) is 0 Å². The highest BCUT2D eigenvalue weighted by Crippen LogP contribution is 2.20. The largest absolute Gasteiger partial charge is 0.463 e. The van der Waals surface area contributed by atoms with Crippen LogP contribution in [0, 0.1) is 0 Å². The van der Waals surface area contributed by atoms with E-state index >= 15 is 0 Å². The molecule has 0 fully saturated rings. The zero-order valence-electron chi connectivity index (χ0n) is 10.8. The van der Waals surface area contributed by atoms with Gasteiger partial charge in [0, 0.05) is 11.4 Å². The molecule has 0 saturated heterocycles. The number of hydrogen-bond acceptors (Lipinski definition) is 2. The molecule has 0 aliphatic carbocycles. The second kappa shape index (κ2) is 6.09. The molecule has 1 aromatic heterocycles. The summed E-state index contributed by atoms with van der Waals surface area (Å²) >= 11 is 0. The van der Waals surface area contributed by atoms with E-state index in [9.17, 15) is 4.79 Å². The molecule has 17 heavy (non-hydrogen) atoms. The number of benzene rings is 1. The van der Waals surface area contributed by atoms with E-state index < -0.39 is 0 Å². The maximum absolute atomic E-state index is 11.8. The molecule has 0 radical (unpaired) electrons. The van der Waals surface area contributed by atoms with Gasteiger partial charge >= 0.3 is 0 Å². The monoisotopic (exact) mass is 233 g/mol. The molecular formula is C14H19NO2. The molecule has 92 valence electrons. The second-order valence-electron chi connectivity index (χ2n) is 3.77. The highest BCUT2D eigenvalue weighted by atomic mass is 16.3. The van der Waals surface area contributed by atoms with Crippen molar-refractivity contribution in [3.05, 3.63) is 36.1 Å². The number of para-hydroxylation sites is 1. The molecule has 0 atom stereocenters. The Labute approximate surface area is 102 Å². The minimum atomic E-state index is -0.0880. The second-order valence-corrected chi connectivity index (χ2v) is 3.77. The van der Waals surface area contributed by atoms with Crippen LogP contribution >= 0.6 is 0 Å². The van der Waals surface area contributed by atoms with Crippen LogP contribution in [-0.2, 0) is 0 Å². The third kappa shape index (κ3) is 3.09. The van der Waals surface area contributed by atoms with Crippen LogP contribution in [0.15, 0.2) is 34.9 Å². The highest BCUT2D eigenvalue weighted by molar-refractivity contribution is 6.05. The number of rotatable bonds is 2. The molecule has 1 aromatic carbocycles. The van der Waals surface area contributed by atoms with Gasteiger partial charge in [-0.2, -0.15) is 0 Å². The number of hydrogen-bond donors (Lipinski definition) is 1. The van der Waals surface area contributed by atoms with E-state index in [0.717, 1.165) is 11.0 Å². The van der Waals surface area contributed by atoms with Crippen molar-refractivity contribution in [3.63, 3.8) is 0 Å². The fourth-order valence-electron chi connectivity index (χ4n) is 1.49. The summed E-state index contributed by atoms with van der Waals surface area (Å²) in [4.78, 5) is 11.8. The molecule has 0 aliphatic heterocycles. The van der Waals surface area contributed by atoms with Crippen molar-refractivity contribution in [2.24, 2.45) is 0 Å². The lowest BCUT2D eigenvalue weighted by molar-refractivity contribution is 0.0944. The topological polar surface area (TPSA) is 42.2 Å². The molecule has 0 spiro atoms. The Balaban J connectivity index is 0.000000686. The molecule has 2 rings (SSSR count). The number of amides is 1. The number of nitrogens with one attached hydrogen (secondary N) is 1. The first-order valence-corrected chi connectivity index (χ1v) is 5.95. The lowest BCUT2D eigenvalue weighted by atomic mass is 10.1. The Hall–Kier alpha value is -1.77. The maximum atomic E-state index is 11.8. The average Bonchev–Trinajstić information content (AvgIpc) is 2.74. The van der Waals surface area contributed by atoms with Gasteiger partial charge in [-0.05, 0) is 19.9 Å². The Kier molecular flexibility index (Phi) is 4.76. The maximum Gasteiger partial charge on any atom is 0.255 e. The molecule has 1 heterocycles. The van der Waals surface area contributed by atoms with Crippen LogP contribution in [0.4, 0.5) is 0 Å². The van der Waals surface area contributed by atoms with Crippen LogP contribution < -0.4 is 5.32 Å². The average molecular weight is 233 g/mol. The smallest absolute Gasteiger partial charge is 0.255 e. The highest BCUT2D eigenvalue weighted by Gasteiger charge is 2.13. The minimum absolute atomic E-state index is 0.0880. The van der Waals surface area contributed by atoms with Gasteiger partial charge < -0.3 is 9.73 Å². The Morgan fingerprint density at radius 2 is 1.88 bits per heavy atom. The van der Waals surface area contributed by atoms with E-state index in [2.05, 4.69) is 5.32 Å². The Morgan fingerprint density at radius 3 is 2.53 bits per heavy atom. The first kappa shape index (κ1) is 13.3. The third-order valence-electron chi connectivity index (χ3n) is 2.15. The van der Waals surface area contributed by atoms with Crippen molar-refractivity contribution in [1.82, 2.24) is 5.32 Å². The van der Waals surface area contributed by atoms with Crippen LogP contribution in [0.1, 0.15) is 38.1 Å². The van der Waals surface area contributed by atoms with Crippen molar-refractivity contribution < 1.29 is 9.21 Å². The standard InChI is InChI=1S/C12H13NO2.C2H6/c1-8(2)13-12(14)10-7-15-11-6-4-3-5-9(10)11;1-2/h3-8H,1-2H3,(H,13,14);1-2H3. The summed E-state index contributed by atoms with van der Waals surface area (Å²) in [5, 5.41) is 3.70. The lowest BCUT2D eigenvalue weighted by Crippen LogP contribution is -2.29. The zero-order chi connectivity index (χ0) is 12.8. The normalized spacial score (nSPS) is 9.94. The predicted octanol–water partition coefficient (Wildman–Crippen LogP) is 3.60. The van der Waals surface area contributed by atoms with Crippen molar-refractivity contribution >= 4 is 16.9 Å². The summed E-state index contributed by atoms with van der Waals surface area (Å²) in [5.74, 6) is -0.0880. The number of furan rings is 1. The van der Waals surface area contributed by atoms with Crippen LogP contribution in [0.5, 0.6) is 0 Å². The molecule has 1 N–H and O–H groups in total. The first-order valence-electron chi connectivity index (χ1n) is 5.95. The Bertz CT molecular complexity index is 486. The SMILES string of the molecule is CC.CC(C)NC(=O)c1coc2ccccc12. The van der Waals surface area contributed by atoms with Gasteiger partial charge in [0.15, 0.2) is 0 Å². The molecule has 3 heteroatoms. The quantitative estimate of drug-likeness (QED) is 0.861. The summed E-state index contributed by atoms with van der Waals surface area (Å²) in [6.45, 7) is 7.86. The van der Waals surface area contributed by atoms with Crippen molar-refractivity contribution in [3.8, 4) is 0 Å². The van der Waals surface area contributed by atoms with Gasteiger partial charge in [-0.1, -0.05) is 32.0 Å². The van der Waals surface area contributed by atoms with E-state index in [1.165, 1.54) is 6.26 Å². The summed E-state index contributed by atoms with van der Waals surface area (Å²) in [6, 6.07) is 7.64. The Morgan fingerprint density at radius 1 is 1.24 bits per heavy atom. The van der Waals surface area contributed by atoms with Crippen LogP contribution in [0.25, 0.3) is 11.0 Å². The fourth-order valence-corrected chi connectivity index (χ4v) is 1.49. The number of fused-ring (bicyclic) bond motifs is 1. The molecule has 1 amide bonds. The zero-order valence-corrected chi connectivity index (χ0v) is 10.8. The van der Waals surface area contributed by atoms with Gasteiger partial charge in [0.1, 0.15) is 11.8 Å². The van der Waals surface area contributed by atoms with E-state index in [4.69, 9.17) is 4.42 Å². The van der Waals surface area contributed by atoms with Gasteiger partial charge in [-0.15, -0.1) is 0 Å². The molecule has 0 bridgehead atoms. The molecule has 2 aromatic rings. The van der Waals surface area contributed by atoms with Gasteiger partial charge in [-0.25, -0.2) is 0 Å². The van der Waals surface area contributed by atoms with Gasteiger partial charge in [0.05, 0.1) is 5.56 Å². The van der Waals surface area contributed by atoms with E-state index in [0.29, 0.717) is 5.56 Å². The summed E-state index contributed by atoms with van der Waals surface area (Å²) in [6.07, 6.45) is 1.50. The molecule has 0 saturated carbocycles. The fraction of sp³-hybridized carbons (Fsp3) is 0.357. The lowest BCUT2D eigenvalue weighted by Gasteiger charge is -2.06. The van der Waals surface area contributed by atoms with E-state index in [-0.39, 0.29) is 11.9 Å². The van der Waals surface area contributed by atoms with Crippen molar-refractivity contribution in [2.75, 3.05) is 0 Å². The van der Waals surface area contributed by atoms with E-state index in [1.807, 2.05) is 52.0 Å². The summed E-state index contributed by atoms with van der Waals surface area (Å²) < 4.78 is 5.29. The predicted molar refractivity (Wildman–Crippen MR) is 70.2 cm³/mol. The molecule has 0 unspecified atom stereocenters. The number of carbonyl (C=O) groups is 1. The third-order valence-corrected chi connectivity index (χ3v) is 2.15. The minimum Gasteiger partial charge on any atom is -0.463 e. The van der Waals surface area contributed by atoms with Crippen LogP contribution in [-0.4, -0.2) is 11.9 Å². The van der Waals surface area contributed by atoms with E-state index in [1.54, 1.807) is 0 Å². The summed E-state index contributed by atoms with van der Waals surface area (Å²) in [5.41, 5.74) is 1.34. The van der Waals surface area contributed by atoms with Gasteiger partial charge in [-0.3, -0.25) is 4.79 Å². The van der Waals surface area contributed by atoms with Gasteiger partial charge in [0.25, 0.3) is 5.91 Å². The first-order chi connectivity index (χ1) is 8.18. The number of carbonyl (C=O) groups excluding carboxylic acids is 1. The molecular weight excluding hydrogens is 214 g/mol. The summed E-state index contributed by atoms with van der Waals surface area (Å²) in [7, 11) is 0. The van der Waals surface area contributed by atoms with Crippen molar-refractivity contribution in [2.45, 2.75) is 33.7 Å².